The predicted octanol–water partition coefficient (Wildman–Crippen LogP) is 6.92. The summed E-state index contributed by atoms with van der Waals surface area (Å²) in [6, 6.07) is 59.0. The quantitative estimate of drug-likeness (QED) is 0.121. The molecule has 0 nitrogen and oxygen atoms in total. The van der Waals surface area contributed by atoms with Gasteiger partial charge in [0.05, 0.1) is 0 Å². The standard InChI is InChI=1S/C44H42Si2/c1-5-31-45(39-18-10-6-11-19-39,40-20-12-7-13-21-40)43-26-28-44(29-27-43)46(41-22-14-8-15-23-41,42-24-16-9-17-25-42)32-30-38-34-36(3)35(2)33-37(38)4/h5-34H,1-4H3. The highest BCUT2D eigenvalue weighted by Gasteiger charge is 2.40. The summed E-state index contributed by atoms with van der Waals surface area (Å²) in [4.78, 5) is 0. The zero-order valence-corrected chi connectivity index (χ0v) is 29.3. The summed E-state index contributed by atoms with van der Waals surface area (Å²) < 4.78 is 0. The Bertz CT molecular complexity index is 1860. The molecule has 0 aliphatic carbocycles. The molecular weight excluding hydrogens is 585 g/mol. The van der Waals surface area contributed by atoms with Gasteiger partial charge in [0, 0.05) is 0 Å². The lowest BCUT2D eigenvalue weighted by Gasteiger charge is -2.33. The van der Waals surface area contributed by atoms with Crippen molar-refractivity contribution in [2.45, 2.75) is 27.7 Å². The van der Waals surface area contributed by atoms with Crippen molar-refractivity contribution in [2.24, 2.45) is 0 Å². The summed E-state index contributed by atoms with van der Waals surface area (Å²) in [5, 5.41) is 8.34. The Kier molecular flexibility index (Phi) is 9.30. The highest BCUT2D eigenvalue weighted by molar-refractivity contribution is 7.16. The Labute approximate surface area is 277 Å². The number of hydrogen-bond donors (Lipinski definition) is 0. The van der Waals surface area contributed by atoms with Crippen LogP contribution in [0.2, 0.25) is 0 Å². The largest absolute Gasteiger partial charge is 0.172 e. The van der Waals surface area contributed by atoms with E-state index in [-0.39, 0.29) is 0 Å². The molecule has 0 saturated carbocycles. The number of hydrogen-bond acceptors (Lipinski definition) is 0. The van der Waals surface area contributed by atoms with Gasteiger partial charge < -0.3 is 0 Å². The van der Waals surface area contributed by atoms with E-state index in [2.05, 4.69) is 209 Å². The van der Waals surface area contributed by atoms with Crippen molar-refractivity contribution in [3.05, 3.63) is 197 Å². The Morgan fingerprint density at radius 1 is 0.370 bits per heavy atom. The molecule has 0 aliphatic rings. The molecule has 0 fully saturated rings. The van der Waals surface area contributed by atoms with Crippen LogP contribution in [0.1, 0.15) is 29.2 Å². The molecule has 6 rings (SSSR count). The summed E-state index contributed by atoms with van der Waals surface area (Å²) in [6.07, 6.45) is 4.65. The summed E-state index contributed by atoms with van der Waals surface area (Å²) in [5.41, 5.74) is 10.3. The number of aryl methyl sites for hydroxylation is 3. The fourth-order valence-electron chi connectivity index (χ4n) is 7.00. The van der Waals surface area contributed by atoms with Crippen LogP contribution in [-0.2, 0) is 0 Å². The molecule has 0 atom stereocenters. The molecule has 226 valence electrons. The molecule has 0 aromatic heterocycles. The third kappa shape index (κ3) is 5.82. The zero-order chi connectivity index (χ0) is 32.0. The molecular formula is C44H42Si2. The first-order chi connectivity index (χ1) is 22.5. The van der Waals surface area contributed by atoms with Crippen LogP contribution in [0.5, 0.6) is 0 Å². The van der Waals surface area contributed by atoms with Crippen LogP contribution in [0.4, 0.5) is 0 Å². The van der Waals surface area contributed by atoms with Gasteiger partial charge in [-0.25, -0.2) is 0 Å². The maximum atomic E-state index is 2.56. The normalized spacial score (nSPS) is 12.2. The average molecular weight is 627 g/mol. The third-order valence-electron chi connectivity index (χ3n) is 9.52. The topological polar surface area (TPSA) is 0 Å². The highest BCUT2D eigenvalue weighted by atomic mass is 28.3. The van der Waals surface area contributed by atoms with Crippen LogP contribution in [0.3, 0.4) is 0 Å². The molecule has 0 aliphatic heterocycles. The molecule has 0 amide bonds. The van der Waals surface area contributed by atoms with E-state index in [9.17, 15) is 0 Å². The lowest BCUT2D eigenvalue weighted by molar-refractivity contribution is 1.29. The summed E-state index contributed by atoms with van der Waals surface area (Å²) in [7, 11) is -5.04. The van der Waals surface area contributed by atoms with Crippen molar-refractivity contribution < 1.29 is 0 Å². The predicted molar refractivity (Wildman–Crippen MR) is 206 cm³/mol. The fourth-order valence-corrected chi connectivity index (χ4v) is 15.3. The SMILES string of the molecule is CC=C[Si](c1ccccc1)(c1ccccc1)c1ccc([Si](C=Cc2cc(C)c(C)cc2C)(c2ccccc2)c2ccccc2)cc1. The minimum absolute atomic E-state index is 1.29. The van der Waals surface area contributed by atoms with E-state index in [1.807, 2.05) is 0 Å². The molecule has 0 spiro atoms. The second-order valence-corrected chi connectivity index (χ2v) is 19.6. The minimum atomic E-state index is -2.60. The summed E-state index contributed by atoms with van der Waals surface area (Å²) in [5.74, 6) is 0. The van der Waals surface area contributed by atoms with Gasteiger partial charge in [-0.2, -0.15) is 0 Å². The van der Waals surface area contributed by atoms with E-state index in [1.165, 1.54) is 53.4 Å². The van der Waals surface area contributed by atoms with Crippen LogP contribution in [0, 0.1) is 20.8 Å². The van der Waals surface area contributed by atoms with Crippen molar-refractivity contribution in [1.82, 2.24) is 0 Å². The molecule has 0 radical (unpaired) electrons. The molecule has 0 N–H and O–H groups in total. The Morgan fingerprint density at radius 2 is 0.696 bits per heavy atom. The molecule has 46 heavy (non-hydrogen) atoms. The lowest BCUT2D eigenvalue weighted by Crippen LogP contribution is -2.68. The second kappa shape index (κ2) is 13.7. The summed E-state index contributed by atoms with van der Waals surface area (Å²) in [6.45, 7) is 8.80. The van der Waals surface area contributed by atoms with Crippen molar-refractivity contribution >= 4 is 53.3 Å². The van der Waals surface area contributed by atoms with Gasteiger partial charge in [0.2, 0.25) is 0 Å². The van der Waals surface area contributed by atoms with Gasteiger partial charge in [-0.1, -0.05) is 181 Å². The second-order valence-electron chi connectivity index (χ2n) is 12.3. The molecule has 0 saturated heterocycles. The first-order valence-electron chi connectivity index (χ1n) is 16.2. The zero-order valence-electron chi connectivity index (χ0n) is 27.3. The van der Waals surface area contributed by atoms with Crippen LogP contribution < -0.4 is 31.1 Å². The number of benzene rings is 6. The van der Waals surface area contributed by atoms with Gasteiger partial charge in [-0.3, -0.25) is 0 Å². The van der Waals surface area contributed by atoms with Crippen LogP contribution in [-0.4, -0.2) is 16.1 Å². The third-order valence-corrected chi connectivity index (χ3v) is 18.5. The lowest BCUT2D eigenvalue weighted by atomic mass is 10.0. The van der Waals surface area contributed by atoms with Crippen LogP contribution in [0.25, 0.3) is 6.08 Å². The average Bonchev–Trinajstić information content (AvgIpc) is 3.11. The Hall–Kier alpha value is -4.77. The minimum Gasteiger partial charge on any atom is -0.0945 e. The Morgan fingerprint density at radius 3 is 1.07 bits per heavy atom. The van der Waals surface area contributed by atoms with Crippen molar-refractivity contribution in [3.63, 3.8) is 0 Å². The van der Waals surface area contributed by atoms with Gasteiger partial charge in [0.1, 0.15) is 0 Å². The number of allylic oxidation sites excluding steroid dienone is 1. The maximum absolute atomic E-state index is 2.60. The first-order valence-corrected chi connectivity index (χ1v) is 20.4. The van der Waals surface area contributed by atoms with Crippen molar-refractivity contribution in [1.29, 1.82) is 0 Å². The molecule has 6 aromatic rings. The smallest absolute Gasteiger partial charge is 0.0945 e. The van der Waals surface area contributed by atoms with E-state index >= 15 is 0 Å². The summed E-state index contributed by atoms with van der Waals surface area (Å²) >= 11 is 0. The molecule has 6 aromatic carbocycles. The van der Waals surface area contributed by atoms with Crippen LogP contribution in [0.15, 0.2) is 175 Å². The van der Waals surface area contributed by atoms with Gasteiger partial charge in [-0.15, -0.1) is 0 Å². The molecule has 0 unspecified atom stereocenters. The van der Waals surface area contributed by atoms with E-state index < -0.39 is 16.1 Å². The van der Waals surface area contributed by atoms with E-state index in [4.69, 9.17) is 0 Å². The van der Waals surface area contributed by atoms with E-state index in [1.54, 1.807) is 0 Å². The van der Waals surface area contributed by atoms with Crippen molar-refractivity contribution in [2.75, 3.05) is 0 Å². The van der Waals surface area contributed by atoms with Gasteiger partial charge >= 0.3 is 0 Å². The highest BCUT2D eigenvalue weighted by Crippen LogP contribution is 2.19. The van der Waals surface area contributed by atoms with Crippen molar-refractivity contribution in [3.8, 4) is 0 Å². The molecule has 0 bridgehead atoms. The maximum Gasteiger partial charge on any atom is 0.172 e. The van der Waals surface area contributed by atoms with E-state index in [0.717, 1.165) is 0 Å². The van der Waals surface area contributed by atoms with Gasteiger partial charge in [-0.05, 0) is 81.1 Å². The van der Waals surface area contributed by atoms with Gasteiger partial charge in [0.15, 0.2) is 16.1 Å². The monoisotopic (exact) mass is 626 g/mol. The Balaban J connectivity index is 1.60. The molecule has 2 heteroatoms. The number of rotatable bonds is 9. The van der Waals surface area contributed by atoms with E-state index in [0.29, 0.717) is 0 Å². The first kappa shape index (κ1) is 31.2. The van der Waals surface area contributed by atoms with Gasteiger partial charge in [0.25, 0.3) is 0 Å². The molecule has 0 heterocycles. The fraction of sp³-hybridized carbons (Fsp3) is 0.0909. The van der Waals surface area contributed by atoms with Crippen LogP contribution >= 0.6 is 0 Å².